The van der Waals surface area contributed by atoms with Gasteiger partial charge in [-0.2, -0.15) is 4.99 Å². The molecule has 0 N–H and O–H groups in total. The molecule has 0 aliphatic heterocycles. The van der Waals surface area contributed by atoms with Crippen LogP contribution in [0.25, 0.3) is 0 Å². The van der Waals surface area contributed by atoms with E-state index in [-0.39, 0.29) is 0 Å². The molecule has 0 radical (unpaired) electrons. The van der Waals surface area contributed by atoms with Crippen molar-refractivity contribution in [1.29, 1.82) is 0 Å². The van der Waals surface area contributed by atoms with Crippen LogP contribution >= 0.6 is 0 Å². The van der Waals surface area contributed by atoms with Gasteiger partial charge in [0.05, 0.1) is 5.69 Å². The van der Waals surface area contributed by atoms with Gasteiger partial charge >= 0.3 is 0 Å². The van der Waals surface area contributed by atoms with Gasteiger partial charge in [-0.05, 0) is 60.3 Å². The molecule has 2 heteroatoms. The molecule has 2 nitrogen and oxygen atoms in total. The Bertz CT molecular complexity index is 498. The molecule has 1 unspecified atom stereocenters. The standard InChI is InChI=1S/C14H15NO/c1-9-5-6-11-7-10-3-2-4-12(10)14(13(9)11)15-8-16/h7,9H,2-6H2,1H3. The molecule has 2 aliphatic carbocycles. The van der Waals surface area contributed by atoms with E-state index in [0.717, 1.165) is 24.9 Å². The lowest BCUT2D eigenvalue weighted by Crippen LogP contribution is -1.94. The molecule has 0 aromatic heterocycles. The second-order valence-electron chi connectivity index (χ2n) is 4.93. The van der Waals surface area contributed by atoms with E-state index in [1.165, 1.54) is 35.1 Å². The molecule has 0 saturated heterocycles. The summed E-state index contributed by atoms with van der Waals surface area (Å²) in [5, 5.41) is 0. The van der Waals surface area contributed by atoms with Gasteiger partial charge in [0.1, 0.15) is 0 Å². The van der Waals surface area contributed by atoms with Crippen LogP contribution in [-0.2, 0) is 24.1 Å². The van der Waals surface area contributed by atoms with Crippen molar-refractivity contribution in [1.82, 2.24) is 0 Å². The number of rotatable bonds is 1. The van der Waals surface area contributed by atoms with Crippen molar-refractivity contribution < 1.29 is 4.79 Å². The third-order valence-electron chi connectivity index (χ3n) is 3.99. The number of aryl methyl sites for hydroxylation is 2. The fourth-order valence-electron chi connectivity index (χ4n) is 3.25. The van der Waals surface area contributed by atoms with Crippen LogP contribution in [0.3, 0.4) is 0 Å². The summed E-state index contributed by atoms with van der Waals surface area (Å²) in [7, 11) is 0. The van der Waals surface area contributed by atoms with Gasteiger partial charge in [0.25, 0.3) is 0 Å². The molecule has 0 spiro atoms. The zero-order valence-electron chi connectivity index (χ0n) is 9.55. The van der Waals surface area contributed by atoms with E-state index >= 15 is 0 Å². The zero-order chi connectivity index (χ0) is 11.1. The highest BCUT2D eigenvalue weighted by Gasteiger charge is 2.27. The molecular weight excluding hydrogens is 198 g/mol. The fourth-order valence-corrected chi connectivity index (χ4v) is 3.25. The highest BCUT2D eigenvalue weighted by Crippen LogP contribution is 2.44. The van der Waals surface area contributed by atoms with Gasteiger partial charge in [-0.15, -0.1) is 0 Å². The molecule has 3 rings (SSSR count). The average Bonchev–Trinajstić information content (AvgIpc) is 2.86. The minimum atomic E-state index is 0.549. The molecule has 0 fully saturated rings. The van der Waals surface area contributed by atoms with Crippen molar-refractivity contribution in [2.24, 2.45) is 4.99 Å². The summed E-state index contributed by atoms with van der Waals surface area (Å²) in [6.07, 6.45) is 7.51. The van der Waals surface area contributed by atoms with Gasteiger partial charge in [-0.3, -0.25) is 0 Å². The molecule has 2 aliphatic rings. The highest BCUT2D eigenvalue weighted by atomic mass is 16.1. The second-order valence-corrected chi connectivity index (χ2v) is 4.93. The zero-order valence-corrected chi connectivity index (χ0v) is 9.55. The molecule has 1 aromatic carbocycles. The first-order valence-electron chi connectivity index (χ1n) is 6.06. The van der Waals surface area contributed by atoms with E-state index < -0.39 is 0 Å². The van der Waals surface area contributed by atoms with Gasteiger partial charge in [0.15, 0.2) is 0 Å². The number of isocyanates is 1. The van der Waals surface area contributed by atoms with Crippen molar-refractivity contribution in [3.63, 3.8) is 0 Å². The number of carbonyl (C=O) groups excluding carboxylic acids is 1. The van der Waals surface area contributed by atoms with Crippen molar-refractivity contribution in [3.8, 4) is 0 Å². The molecule has 16 heavy (non-hydrogen) atoms. The Hall–Kier alpha value is -1.40. The quantitative estimate of drug-likeness (QED) is 0.520. The number of fused-ring (bicyclic) bond motifs is 2. The van der Waals surface area contributed by atoms with E-state index in [0.29, 0.717) is 5.92 Å². The minimum absolute atomic E-state index is 0.549. The summed E-state index contributed by atoms with van der Waals surface area (Å²) in [6.45, 7) is 2.23. The first-order chi connectivity index (χ1) is 7.81. The Morgan fingerprint density at radius 1 is 1.31 bits per heavy atom. The van der Waals surface area contributed by atoms with Crippen LogP contribution in [0.2, 0.25) is 0 Å². The maximum absolute atomic E-state index is 10.6. The second kappa shape index (κ2) is 3.57. The van der Waals surface area contributed by atoms with Crippen LogP contribution in [-0.4, -0.2) is 6.08 Å². The predicted molar refractivity (Wildman–Crippen MR) is 63.0 cm³/mol. The monoisotopic (exact) mass is 213 g/mol. The maximum atomic E-state index is 10.6. The number of aliphatic imine (C=N–C) groups is 1. The summed E-state index contributed by atoms with van der Waals surface area (Å²) in [6, 6.07) is 2.35. The van der Waals surface area contributed by atoms with Crippen molar-refractivity contribution in [2.75, 3.05) is 0 Å². The first-order valence-corrected chi connectivity index (χ1v) is 6.06. The van der Waals surface area contributed by atoms with Crippen molar-refractivity contribution in [2.45, 2.75) is 44.9 Å². The van der Waals surface area contributed by atoms with E-state index in [4.69, 9.17) is 0 Å². The first kappa shape index (κ1) is 9.80. The van der Waals surface area contributed by atoms with E-state index in [1.54, 1.807) is 6.08 Å². The topological polar surface area (TPSA) is 29.4 Å². The highest BCUT2D eigenvalue weighted by molar-refractivity contribution is 5.66. The Morgan fingerprint density at radius 3 is 3.00 bits per heavy atom. The van der Waals surface area contributed by atoms with Gasteiger partial charge in [0.2, 0.25) is 6.08 Å². The van der Waals surface area contributed by atoms with Crippen LogP contribution in [0.1, 0.15) is 47.9 Å². The summed E-state index contributed by atoms with van der Waals surface area (Å²) in [5.41, 5.74) is 6.44. The normalized spacial score (nSPS) is 21.4. The molecule has 0 bridgehead atoms. The number of hydrogen-bond donors (Lipinski definition) is 0. The van der Waals surface area contributed by atoms with Crippen LogP contribution < -0.4 is 0 Å². The van der Waals surface area contributed by atoms with Gasteiger partial charge in [0, 0.05) is 0 Å². The molecule has 0 heterocycles. The Labute approximate surface area is 95.4 Å². The van der Waals surface area contributed by atoms with E-state index in [1.807, 2.05) is 0 Å². The van der Waals surface area contributed by atoms with Crippen molar-refractivity contribution in [3.05, 3.63) is 28.3 Å². The third-order valence-corrected chi connectivity index (χ3v) is 3.99. The summed E-state index contributed by atoms with van der Waals surface area (Å²) in [5.74, 6) is 0.549. The van der Waals surface area contributed by atoms with E-state index in [2.05, 4.69) is 18.0 Å². The average molecular weight is 213 g/mol. The summed E-state index contributed by atoms with van der Waals surface area (Å²) >= 11 is 0. The van der Waals surface area contributed by atoms with Gasteiger partial charge in [-0.1, -0.05) is 13.0 Å². The van der Waals surface area contributed by atoms with Crippen LogP contribution in [0, 0.1) is 0 Å². The smallest absolute Gasteiger partial charge is 0.211 e. The lowest BCUT2D eigenvalue weighted by Gasteiger charge is -2.12. The van der Waals surface area contributed by atoms with Crippen LogP contribution in [0.5, 0.6) is 0 Å². The number of hydrogen-bond acceptors (Lipinski definition) is 2. The lowest BCUT2D eigenvalue weighted by atomic mass is 9.95. The molecule has 82 valence electrons. The molecular formula is C14H15NO. The molecule has 1 aromatic rings. The number of nitrogens with zero attached hydrogens (tertiary/aromatic N) is 1. The summed E-state index contributed by atoms with van der Waals surface area (Å²) in [4.78, 5) is 14.6. The largest absolute Gasteiger partial charge is 0.240 e. The molecule has 0 amide bonds. The predicted octanol–water partition coefficient (Wildman–Crippen LogP) is 3.19. The van der Waals surface area contributed by atoms with Crippen LogP contribution in [0.4, 0.5) is 5.69 Å². The fraction of sp³-hybridized carbons (Fsp3) is 0.500. The number of benzene rings is 1. The molecule has 0 saturated carbocycles. The maximum Gasteiger partial charge on any atom is 0.240 e. The lowest BCUT2D eigenvalue weighted by molar-refractivity contribution is 0.565. The van der Waals surface area contributed by atoms with Crippen LogP contribution in [0.15, 0.2) is 11.1 Å². The van der Waals surface area contributed by atoms with Gasteiger partial charge < -0.3 is 0 Å². The molecule has 1 atom stereocenters. The Balaban J connectivity index is 2.30. The third kappa shape index (κ3) is 1.27. The van der Waals surface area contributed by atoms with Gasteiger partial charge in [-0.25, -0.2) is 4.79 Å². The summed E-state index contributed by atoms with van der Waals surface area (Å²) < 4.78 is 0. The minimum Gasteiger partial charge on any atom is -0.211 e. The Morgan fingerprint density at radius 2 is 2.19 bits per heavy atom. The SMILES string of the molecule is CC1CCc2cc3c(c(N=C=O)c21)CCC3. The van der Waals surface area contributed by atoms with E-state index in [9.17, 15) is 4.79 Å². The van der Waals surface area contributed by atoms with Crippen molar-refractivity contribution >= 4 is 11.8 Å². The Kier molecular flexibility index (Phi) is 2.19.